The van der Waals surface area contributed by atoms with Gasteiger partial charge in [-0.3, -0.25) is 4.90 Å². The second-order valence-corrected chi connectivity index (χ2v) is 4.65. The van der Waals surface area contributed by atoms with Crippen molar-refractivity contribution in [1.82, 2.24) is 4.90 Å². The fourth-order valence-corrected chi connectivity index (χ4v) is 2.23. The number of aliphatic hydroxyl groups excluding tert-OH is 2. The van der Waals surface area contributed by atoms with Crippen molar-refractivity contribution < 1.29 is 14.9 Å². The number of rotatable bonds is 3. The van der Waals surface area contributed by atoms with Crippen LogP contribution in [0.15, 0.2) is 18.2 Å². The molecule has 2 rings (SSSR count). The fraction of sp³-hybridized carbons (Fsp3) is 0.500. The molecule has 0 bridgehead atoms. The third kappa shape index (κ3) is 2.55. The van der Waals surface area contributed by atoms with Crippen molar-refractivity contribution in [2.24, 2.45) is 0 Å². The predicted octanol–water partition coefficient (Wildman–Crippen LogP) is 1.06. The van der Waals surface area contributed by atoms with E-state index >= 15 is 0 Å². The van der Waals surface area contributed by atoms with Gasteiger partial charge in [0.1, 0.15) is 18.5 Å². The largest absolute Gasteiger partial charge is 0.491 e. The van der Waals surface area contributed by atoms with Gasteiger partial charge in [0.2, 0.25) is 0 Å². The number of nitrogens with zero attached hydrogens (tertiary/aromatic N) is 1. The first-order valence-corrected chi connectivity index (χ1v) is 5.92. The van der Waals surface area contributed by atoms with Crippen molar-refractivity contribution >= 4 is 11.6 Å². The summed E-state index contributed by atoms with van der Waals surface area (Å²) in [6.07, 6.45) is -0.644. The third-order valence-electron chi connectivity index (χ3n) is 3.08. The topological polar surface area (TPSA) is 52.9 Å². The normalized spacial score (nSPS) is 23.4. The summed E-state index contributed by atoms with van der Waals surface area (Å²) in [5, 5.41) is 19.8. The summed E-state index contributed by atoms with van der Waals surface area (Å²) in [7, 11) is 1.85. The molecule has 1 aliphatic heterocycles. The number of benzene rings is 1. The maximum absolute atomic E-state index is 10.3. The van der Waals surface area contributed by atoms with Gasteiger partial charge in [0.25, 0.3) is 0 Å². The zero-order valence-electron chi connectivity index (χ0n) is 9.64. The van der Waals surface area contributed by atoms with Crippen molar-refractivity contribution in [3.8, 4) is 5.75 Å². The number of halogens is 1. The lowest BCUT2D eigenvalue weighted by atomic mass is 9.98. The summed E-state index contributed by atoms with van der Waals surface area (Å²) in [4.78, 5) is 1.88. The molecule has 0 fully saturated rings. The number of likely N-dealkylation sites (N-methyl/N-ethyl adjacent to an activating group) is 1. The predicted molar refractivity (Wildman–Crippen MR) is 65.4 cm³/mol. The van der Waals surface area contributed by atoms with Gasteiger partial charge in [0.05, 0.1) is 12.6 Å². The van der Waals surface area contributed by atoms with Gasteiger partial charge in [-0.1, -0.05) is 11.6 Å². The Kier molecular flexibility index (Phi) is 3.89. The number of hydrogen-bond donors (Lipinski definition) is 2. The van der Waals surface area contributed by atoms with Crippen molar-refractivity contribution in [2.75, 3.05) is 26.8 Å². The Labute approximate surface area is 105 Å². The number of ether oxygens (including phenoxy) is 1. The van der Waals surface area contributed by atoms with Crippen LogP contribution in [0.2, 0.25) is 5.02 Å². The van der Waals surface area contributed by atoms with Crippen LogP contribution < -0.4 is 4.74 Å². The van der Waals surface area contributed by atoms with Crippen molar-refractivity contribution in [2.45, 2.75) is 12.1 Å². The summed E-state index contributed by atoms with van der Waals surface area (Å²) in [6.45, 7) is 0.968. The summed E-state index contributed by atoms with van der Waals surface area (Å²) < 4.78 is 5.59. The average molecular weight is 258 g/mol. The minimum Gasteiger partial charge on any atom is -0.491 e. The summed E-state index contributed by atoms with van der Waals surface area (Å²) in [5.74, 6) is 0.676. The Hall–Kier alpha value is -0.810. The Morgan fingerprint density at radius 3 is 3.00 bits per heavy atom. The minimum atomic E-state index is -0.644. The molecule has 0 saturated carbocycles. The molecule has 5 heteroatoms. The van der Waals surface area contributed by atoms with E-state index < -0.39 is 6.10 Å². The van der Waals surface area contributed by atoms with E-state index in [2.05, 4.69) is 0 Å². The Morgan fingerprint density at radius 1 is 1.53 bits per heavy atom. The van der Waals surface area contributed by atoms with Crippen molar-refractivity contribution in [3.05, 3.63) is 28.8 Å². The number of fused-ring (bicyclic) bond motifs is 1. The first-order chi connectivity index (χ1) is 8.13. The lowest BCUT2D eigenvalue weighted by Gasteiger charge is -2.36. The minimum absolute atomic E-state index is 0.0577. The van der Waals surface area contributed by atoms with Gasteiger partial charge >= 0.3 is 0 Å². The molecule has 0 amide bonds. The van der Waals surface area contributed by atoms with E-state index in [1.807, 2.05) is 11.9 Å². The molecule has 0 aliphatic carbocycles. The van der Waals surface area contributed by atoms with Crippen molar-refractivity contribution in [1.29, 1.82) is 0 Å². The van der Waals surface area contributed by atoms with Gasteiger partial charge in [-0.05, 0) is 25.2 Å². The van der Waals surface area contributed by atoms with E-state index in [0.717, 1.165) is 0 Å². The molecule has 17 heavy (non-hydrogen) atoms. The van der Waals surface area contributed by atoms with Crippen LogP contribution in [0.4, 0.5) is 0 Å². The molecule has 4 nitrogen and oxygen atoms in total. The lowest BCUT2D eigenvalue weighted by Crippen LogP contribution is -2.44. The van der Waals surface area contributed by atoms with Crippen LogP contribution in [0, 0.1) is 0 Å². The van der Waals surface area contributed by atoms with E-state index in [0.29, 0.717) is 29.5 Å². The standard InChI is InChI=1S/C12H16ClNO3/c1-14(4-5-15)10-7-17-11-3-2-8(13)6-9(11)12(10)16/h2-3,6,10,12,15-16H,4-5,7H2,1H3. The van der Waals surface area contributed by atoms with Crippen LogP contribution in [0.5, 0.6) is 5.75 Å². The summed E-state index contributed by atoms with van der Waals surface area (Å²) in [5.41, 5.74) is 0.707. The zero-order chi connectivity index (χ0) is 12.4. The molecule has 0 spiro atoms. The van der Waals surface area contributed by atoms with Gasteiger partial charge < -0.3 is 14.9 Å². The molecular formula is C12H16ClNO3. The molecule has 1 aromatic rings. The van der Waals surface area contributed by atoms with E-state index in [-0.39, 0.29) is 12.6 Å². The molecule has 2 N–H and O–H groups in total. The highest BCUT2D eigenvalue weighted by molar-refractivity contribution is 6.30. The van der Waals surface area contributed by atoms with Gasteiger partial charge in [0.15, 0.2) is 0 Å². The number of hydrogen-bond acceptors (Lipinski definition) is 4. The highest BCUT2D eigenvalue weighted by atomic mass is 35.5. The van der Waals surface area contributed by atoms with Crippen LogP contribution in [-0.4, -0.2) is 48.0 Å². The molecule has 1 aromatic carbocycles. The molecule has 0 saturated heterocycles. The first kappa shape index (κ1) is 12.6. The molecule has 0 radical (unpaired) electrons. The average Bonchev–Trinajstić information content (AvgIpc) is 2.30. The highest BCUT2D eigenvalue weighted by Gasteiger charge is 2.32. The molecular weight excluding hydrogens is 242 g/mol. The van der Waals surface area contributed by atoms with Crippen LogP contribution in [0.1, 0.15) is 11.7 Å². The Morgan fingerprint density at radius 2 is 2.29 bits per heavy atom. The van der Waals surface area contributed by atoms with Crippen LogP contribution in [0.3, 0.4) is 0 Å². The molecule has 94 valence electrons. The molecule has 1 aliphatic rings. The second kappa shape index (κ2) is 5.23. The second-order valence-electron chi connectivity index (χ2n) is 4.21. The molecule has 2 atom stereocenters. The van der Waals surface area contributed by atoms with Crippen LogP contribution in [-0.2, 0) is 0 Å². The maximum atomic E-state index is 10.3. The first-order valence-electron chi connectivity index (χ1n) is 5.55. The quantitative estimate of drug-likeness (QED) is 0.850. The Bertz CT molecular complexity index is 399. The molecule has 1 heterocycles. The summed E-state index contributed by atoms with van der Waals surface area (Å²) in [6, 6.07) is 5.07. The van der Waals surface area contributed by atoms with Gasteiger partial charge in [-0.15, -0.1) is 0 Å². The molecule has 2 unspecified atom stereocenters. The highest BCUT2D eigenvalue weighted by Crippen LogP contribution is 2.35. The zero-order valence-corrected chi connectivity index (χ0v) is 10.4. The third-order valence-corrected chi connectivity index (χ3v) is 3.32. The van der Waals surface area contributed by atoms with Gasteiger partial charge in [0, 0.05) is 17.1 Å². The molecule has 0 aromatic heterocycles. The van der Waals surface area contributed by atoms with Crippen molar-refractivity contribution in [3.63, 3.8) is 0 Å². The van der Waals surface area contributed by atoms with E-state index in [1.54, 1.807) is 18.2 Å². The van der Waals surface area contributed by atoms with Crippen LogP contribution >= 0.6 is 11.6 Å². The summed E-state index contributed by atoms with van der Waals surface area (Å²) >= 11 is 5.91. The SMILES string of the molecule is CN(CCO)C1COc2ccc(Cl)cc2C1O. The van der Waals surface area contributed by atoms with Gasteiger partial charge in [-0.25, -0.2) is 0 Å². The lowest BCUT2D eigenvalue weighted by molar-refractivity contribution is 0.00952. The maximum Gasteiger partial charge on any atom is 0.125 e. The van der Waals surface area contributed by atoms with E-state index in [9.17, 15) is 5.11 Å². The number of aliphatic hydroxyl groups is 2. The fourth-order valence-electron chi connectivity index (χ4n) is 2.05. The van der Waals surface area contributed by atoms with Crippen LogP contribution in [0.25, 0.3) is 0 Å². The van der Waals surface area contributed by atoms with Gasteiger partial charge in [-0.2, -0.15) is 0 Å². The Balaban J connectivity index is 2.22. The van der Waals surface area contributed by atoms with E-state index in [1.165, 1.54) is 0 Å². The smallest absolute Gasteiger partial charge is 0.125 e. The van der Waals surface area contributed by atoms with E-state index in [4.69, 9.17) is 21.4 Å². The monoisotopic (exact) mass is 257 g/mol.